The first-order valence-electron chi connectivity index (χ1n) is 7.08. The Labute approximate surface area is 125 Å². The highest BCUT2D eigenvalue weighted by Gasteiger charge is 2.41. The van der Waals surface area contributed by atoms with Crippen LogP contribution in [-0.4, -0.2) is 31.2 Å². The molecule has 0 aromatic carbocycles. The molecule has 3 nitrogen and oxygen atoms in total. The summed E-state index contributed by atoms with van der Waals surface area (Å²) >= 11 is 1.36. The summed E-state index contributed by atoms with van der Waals surface area (Å²) in [5.41, 5.74) is 0. The van der Waals surface area contributed by atoms with Crippen LogP contribution in [0.4, 0.5) is 13.2 Å². The predicted octanol–water partition coefficient (Wildman–Crippen LogP) is 3.19. The van der Waals surface area contributed by atoms with E-state index >= 15 is 0 Å². The fourth-order valence-corrected chi connectivity index (χ4v) is 3.26. The number of alkyl halides is 3. The second-order valence-corrected chi connectivity index (χ2v) is 6.24. The molecule has 1 aliphatic carbocycles. The average Bonchev–Trinajstić information content (AvgIpc) is 2.97. The van der Waals surface area contributed by atoms with Crippen molar-refractivity contribution in [1.29, 1.82) is 0 Å². The minimum atomic E-state index is -4.09. The van der Waals surface area contributed by atoms with Gasteiger partial charge in [0.1, 0.15) is 0 Å². The molecule has 1 aromatic heterocycles. The van der Waals surface area contributed by atoms with Gasteiger partial charge in [0.05, 0.1) is 10.8 Å². The van der Waals surface area contributed by atoms with E-state index in [0.717, 1.165) is 6.42 Å². The predicted molar refractivity (Wildman–Crippen MR) is 76.5 cm³/mol. The molecule has 1 aliphatic rings. The van der Waals surface area contributed by atoms with E-state index in [1.807, 2.05) is 5.38 Å². The molecule has 1 saturated carbocycles. The number of amides is 1. The van der Waals surface area contributed by atoms with E-state index in [1.165, 1.54) is 11.3 Å². The van der Waals surface area contributed by atoms with E-state index in [2.05, 4.69) is 10.6 Å². The van der Waals surface area contributed by atoms with E-state index < -0.39 is 12.1 Å². The van der Waals surface area contributed by atoms with Crippen molar-refractivity contribution >= 4 is 17.2 Å². The zero-order chi connectivity index (χ0) is 15.3. The first kappa shape index (κ1) is 16.3. The van der Waals surface area contributed by atoms with Gasteiger partial charge in [0.25, 0.3) is 5.91 Å². The molecule has 2 N–H and O–H groups in total. The van der Waals surface area contributed by atoms with Crippen LogP contribution in [-0.2, 0) is 0 Å². The number of carbonyl (C=O) groups is 1. The summed E-state index contributed by atoms with van der Waals surface area (Å²) in [5.74, 6) is -1.33. The van der Waals surface area contributed by atoms with Crippen molar-refractivity contribution in [3.8, 4) is 0 Å². The average molecular weight is 320 g/mol. The van der Waals surface area contributed by atoms with Gasteiger partial charge in [-0.1, -0.05) is 12.5 Å². The third-order valence-electron chi connectivity index (χ3n) is 3.73. The van der Waals surface area contributed by atoms with Gasteiger partial charge in [0.2, 0.25) is 0 Å². The van der Waals surface area contributed by atoms with E-state index in [9.17, 15) is 18.0 Å². The Balaban J connectivity index is 1.65. The normalized spacial score (nSPS) is 23.0. The van der Waals surface area contributed by atoms with Crippen molar-refractivity contribution in [2.24, 2.45) is 5.92 Å². The quantitative estimate of drug-likeness (QED) is 0.818. The summed E-state index contributed by atoms with van der Waals surface area (Å²) in [6.07, 6.45) is -2.35. The van der Waals surface area contributed by atoms with Gasteiger partial charge in [-0.05, 0) is 30.7 Å². The topological polar surface area (TPSA) is 41.1 Å². The van der Waals surface area contributed by atoms with Crippen LogP contribution in [0.15, 0.2) is 17.5 Å². The highest BCUT2D eigenvalue weighted by molar-refractivity contribution is 7.12. The monoisotopic (exact) mass is 320 g/mol. The Morgan fingerprint density at radius 2 is 2.14 bits per heavy atom. The highest BCUT2D eigenvalue weighted by atomic mass is 32.1. The van der Waals surface area contributed by atoms with E-state index in [-0.39, 0.29) is 24.8 Å². The molecule has 1 amide bonds. The largest absolute Gasteiger partial charge is 0.391 e. The molecule has 118 valence electrons. The van der Waals surface area contributed by atoms with Gasteiger partial charge in [-0.25, -0.2) is 0 Å². The van der Waals surface area contributed by atoms with Crippen molar-refractivity contribution in [2.45, 2.75) is 37.9 Å². The zero-order valence-electron chi connectivity index (χ0n) is 11.6. The highest BCUT2D eigenvalue weighted by Crippen LogP contribution is 2.37. The van der Waals surface area contributed by atoms with Gasteiger partial charge in [-0.15, -0.1) is 11.3 Å². The fraction of sp³-hybridized carbons (Fsp3) is 0.643. The first-order valence-corrected chi connectivity index (χ1v) is 7.96. The summed E-state index contributed by atoms with van der Waals surface area (Å²) in [4.78, 5) is 12.3. The molecule has 1 heterocycles. The molecule has 1 aromatic rings. The maximum absolute atomic E-state index is 12.7. The lowest BCUT2D eigenvalue weighted by Gasteiger charge is -2.31. The molecule has 0 saturated heterocycles. The molecule has 1 fully saturated rings. The second-order valence-electron chi connectivity index (χ2n) is 5.29. The zero-order valence-corrected chi connectivity index (χ0v) is 12.4. The molecule has 2 atom stereocenters. The summed E-state index contributed by atoms with van der Waals surface area (Å²) in [6.45, 7) is 0.913. The number of halogens is 3. The van der Waals surface area contributed by atoms with Crippen molar-refractivity contribution in [3.63, 3.8) is 0 Å². The van der Waals surface area contributed by atoms with Crippen LogP contribution in [0.1, 0.15) is 35.4 Å². The third kappa shape index (κ3) is 5.00. The molecular formula is C14H19F3N2OS. The Bertz CT molecular complexity index is 448. The molecule has 0 spiro atoms. The summed E-state index contributed by atoms with van der Waals surface area (Å²) < 4.78 is 38.0. The van der Waals surface area contributed by atoms with Crippen molar-refractivity contribution < 1.29 is 18.0 Å². The fourth-order valence-electron chi connectivity index (χ4n) is 2.62. The van der Waals surface area contributed by atoms with Gasteiger partial charge < -0.3 is 10.6 Å². The van der Waals surface area contributed by atoms with Crippen LogP contribution in [0.5, 0.6) is 0 Å². The van der Waals surface area contributed by atoms with Gasteiger partial charge in [-0.3, -0.25) is 4.79 Å². The van der Waals surface area contributed by atoms with Crippen LogP contribution >= 0.6 is 11.3 Å². The number of nitrogens with one attached hydrogen (secondary N) is 2. The number of carbonyl (C=O) groups excluding carboxylic acids is 1. The minimum absolute atomic E-state index is 0.107. The van der Waals surface area contributed by atoms with Gasteiger partial charge in [0.15, 0.2) is 0 Å². The van der Waals surface area contributed by atoms with E-state index in [1.54, 1.807) is 12.1 Å². The second kappa shape index (κ2) is 7.26. The Morgan fingerprint density at radius 1 is 1.33 bits per heavy atom. The maximum Gasteiger partial charge on any atom is 0.391 e. The standard InChI is InChI=1S/C14H19F3N2OS/c15-14(16,17)10-3-1-4-11(9-10)18-6-7-19-13(20)12-5-2-8-21-12/h2,5,8,10-11,18H,1,3-4,6-7,9H2,(H,19,20)/t10-,11+/m0/s1. The third-order valence-corrected chi connectivity index (χ3v) is 4.59. The smallest absolute Gasteiger partial charge is 0.350 e. The van der Waals surface area contributed by atoms with Crippen LogP contribution in [0.3, 0.4) is 0 Å². The SMILES string of the molecule is O=C(NCCN[C@@H]1CCC[C@H](C(F)(F)F)C1)c1cccs1. The number of hydrogen-bond donors (Lipinski definition) is 2. The molecule has 21 heavy (non-hydrogen) atoms. The van der Waals surface area contributed by atoms with Gasteiger partial charge in [0, 0.05) is 19.1 Å². The van der Waals surface area contributed by atoms with E-state index in [4.69, 9.17) is 0 Å². The lowest BCUT2D eigenvalue weighted by atomic mass is 9.85. The molecule has 0 aliphatic heterocycles. The van der Waals surface area contributed by atoms with Crippen molar-refractivity contribution in [2.75, 3.05) is 13.1 Å². The van der Waals surface area contributed by atoms with Crippen molar-refractivity contribution in [3.05, 3.63) is 22.4 Å². The van der Waals surface area contributed by atoms with Gasteiger partial charge >= 0.3 is 6.18 Å². The molecule has 2 rings (SSSR count). The van der Waals surface area contributed by atoms with Crippen LogP contribution < -0.4 is 10.6 Å². The number of hydrogen-bond acceptors (Lipinski definition) is 3. The Morgan fingerprint density at radius 3 is 2.81 bits per heavy atom. The van der Waals surface area contributed by atoms with E-state index in [0.29, 0.717) is 24.4 Å². The van der Waals surface area contributed by atoms with Crippen LogP contribution in [0.25, 0.3) is 0 Å². The lowest BCUT2D eigenvalue weighted by Crippen LogP contribution is -2.41. The molecular weight excluding hydrogens is 301 g/mol. The lowest BCUT2D eigenvalue weighted by molar-refractivity contribution is -0.183. The maximum atomic E-state index is 12.7. The molecule has 0 unspecified atom stereocenters. The molecule has 0 radical (unpaired) electrons. The summed E-state index contributed by atoms with van der Waals surface area (Å²) in [7, 11) is 0. The first-order chi connectivity index (χ1) is 9.97. The van der Waals surface area contributed by atoms with Crippen LogP contribution in [0, 0.1) is 5.92 Å². The Hall–Kier alpha value is -1.08. The molecule has 7 heteroatoms. The van der Waals surface area contributed by atoms with Crippen LogP contribution in [0.2, 0.25) is 0 Å². The number of thiophene rings is 1. The number of rotatable bonds is 5. The summed E-state index contributed by atoms with van der Waals surface area (Å²) in [6, 6.07) is 3.43. The Kier molecular flexibility index (Phi) is 5.64. The summed E-state index contributed by atoms with van der Waals surface area (Å²) in [5, 5.41) is 7.69. The van der Waals surface area contributed by atoms with Gasteiger partial charge in [-0.2, -0.15) is 13.2 Å². The van der Waals surface area contributed by atoms with Crippen molar-refractivity contribution in [1.82, 2.24) is 10.6 Å². The molecule has 0 bridgehead atoms. The minimum Gasteiger partial charge on any atom is -0.350 e.